The minimum atomic E-state index is -0.00365. The zero-order valence-corrected chi connectivity index (χ0v) is 9.92. The van der Waals surface area contributed by atoms with Gasteiger partial charge in [-0.15, -0.1) is 0 Å². The molecule has 0 N–H and O–H groups in total. The molecule has 0 spiro atoms. The van der Waals surface area contributed by atoms with Crippen LogP contribution >= 0.6 is 0 Å². The van der Waals surface area contributed by atoms with Crippen LogP contribution in [0.25, 0.3) is 21.9 Å². The Balaban J connectivity index is 2.44. The highest BCUT2D eigenvalue weighted by molar-refractivity contribution is 5.94. The molecule has 1 aromatic carbocycles. The van der Waals surface area contributed by atoms with Crippen molar-refractivity contribution < 1.29 is 0 Å². The van der Waals surface area contributed by atoms with Crippen LogP contribution in [0.5, 0.6) is 0 Å². The Hall–Kier alpha value is -2.42. The van der Waals surface area contributed by atoms with Gasteiger partial charge >= 0.3 is 0 Å². The molecule has 2 aromatic heterocycles. The van der Waals surface area contributed by atoms with E-state index in [9.17, 15) is 4.79 Å². The van der Waals surface area contributed by atoms with Gasteiger partial charge in [0.15, 0.2) is 0 Å². The molecule has 0 fully saturated rings. The van der Waals surface area contributed by atoms with Crippen LogP contribution < -0.4 is 5.56 Å². The van der Waals surface area contributed by atoms with Crippen molar-refractivity contribution >= 4 is 10.8 Å². The summed E-state index contributed by atoms with van der Waals surface area (Å²) in [4.78, 5) is 16.2. The van der Waals surface area contributed by atoms with Gasteiger partial charge in [-0.2, -0.15) is 0 Å². The number of nitrogens with zero attached hydrogens (tertiary/aromatic N) is 2. The first-order valence-electron chi connectivity index (χ1n) is 5.67. The van der Waals surface area contributed by atoms with E-state index in [1.165, 1.54) is 0 Å². The first kappa shape index (κ1) is 10.7. The molecule has 0 saturated heterocycles. The first-order chi connectivity index (χ1) is 8.77. The number of hydrogen-bond donors (Lipinski definition) is 0. The van der Waals surface area contributed by atoms with Gasteiger partial charge in [0.05, 0.1) is 5.39 Å². The van der Waals surface area contributed by atoms with Gasteiger partial charge < -0.3 is 4.57 Å². The Morgan fingerprint density at radius 3 is 2.94 bits per heavy atom. The highest BCUT2D eigenvalue weighted by atomic mass is 16.1. The fraction of sp³-hybridized carbons (Fsp3) is 0.0667. The maximum absolute atomic E-state index is 12.0. The number of rotatable bonds is 1. The first-order valence-corrected chi connectivity index (χ1v) is 5.67. The van der Waals surface area contributed by atoms with Gasteiger partial charge in [0.2, 0.25) is 0 Å². The summed E-state index contributed by atoms with van der Waals surface area (Å²) in [6.07, 6.45) is 5.22. The zero-order valence-electron chi connectivity index (χ0n) is 9.92. The second-order valence-corrected chi connectivity index (χ2v) is 4.17. The van der Waals surface area contributed by atoms with Crippen LogP contribution in [-0.2, 0) is 7.05 Å². The van der Waals surface area contributed by atoms with E-state index < -0.39 is 0 Å². The Bertz CT molecular complexity index is 760. The van der Waals surface area contributed by atoms with Gasteiger partial charge in [-0.1, -0.05) is 18.2 Å². The zero-order chi connectivity index (χ0) is 12.5. The van der Waals surface area contributed by atoms with E-state index in [1.54, 1.807) is 30.1 Å². The molecule has 0 saturated carbocycles. The van der Waals surface area contributed by atoms with Crippen molar-refractivity contribution in [3.05, 3.63) is 65.3 Å². The number of hydrogen-bond acceptors (Lipinski definition) is 2. The third-order valence-electron chi connectivity index (χ3n) is 3.00. The molecule has 0 atom stereocenters. The number of aryl methyl sites for hydroxylation is 1. The largest absolute Gasteiger partial charge is 0.317 e. The van der Waals surface area contributed by atoms with Gasteiger partial charge in [0.1, 0.15) is 0 Å². The third kappa shape index (κ3) is 1.61. The molecule has 3 nitrogen and oxygen atoms in total. The number of pyridine rings is 2. The normalized spacial score (nSPS) is 10.7. The predicted molar refractivity (Wildman–Crippen MR) is 71.3 cm³/mol. The molecule has 87 valence electrons. The summed E-state index contributed by atoms with van der Waals surface area (Å²) < 4.78 is 1.60. The molecule has 3 rings (SSSR count). The minimum Gasteiger partial charge on any atom is -0.317 e. The molecule has 3 aromatic rings. The smallest absolute Gasteiger partial charge is 0.258 e. The molecule has 0 aliphatic rings. The van der Waals surface area contributed by atoms with Crippen LogP contribution in [0.15, 0.2) is 53.7 Å². The van der Waals surface area contributed by atoms with E-state index >= 15 is 0 Å². The summed E-state index contributed by atoms with van der Waals surface area (Å²) >= 11 is 0. The number of benzene rings is 1. The average molecular weight is 235 g/mol. The monoisotopic (exact) mass is 235 g/mol. The van der Waals surface area contributed by atoms with Crippen molar-refractivity contribution in [2.24, 2.45) is 7.05 Å². The van der Waals surface area contributed by atoms with Gasteiger partial charge in [0, 0.05) is 36.6 Å². The van der Waals surface area contributed by atoms with Crippen molar-refractivity contribution in [3.8, 4) is 11.1 Å². The van der Waals surface area contributed by atoms with E-state index in [2.05, 4.69) is 11.1 Å². The molecule has 0 bridgehead atoms. The maximum Gasteiger partial charge on any atom is 0.258 e. The Labute approximate surface area is 104 Å². The lowest BCUT2D eigenvalue weighted by atomic mass is 10.0. The average Bonchev–Trinajstić information content (AvgIpc) is 2.44. The Morgan fingerprint density at radius 2 is 2.17 bits per heavy atom. The van der Waals surface area contributed by atoms with Crippen molar-refractivity contribution in [1.29, 1.82) is 0 Å². The summed E-state index contributed by atoms with van der Waals surface area (Å²) in [6, 6.07) is 12.5. The van der Waals surface area contributed by atoms with E-state index in [4.69, 9.17) is 0 Å². The fourth-order valence-corrected chi connectivity index (χ4v) is 2.10. The minimum absolute atomic E-state index is 0.00365. The van der Waals surface area contributed by atoms with Gasteiger partial charge in [-0.05, 0) is 23.8 Å². The highest BCUT2D eigenvalue weighted by Crippen LogP contribution is 2.25. The molecule has 18 heavy (non-hydrogen) atoms. The van der Waals surface area contributed by atoms with E-state index in [1.807, 2.05) is 30.5 Å². The summed E-state index contributed by atoms with van der Waals surface area (Å²) in [5, 5.41) is 1.56. The van der Waals surface area contributed by atoms with E-state index in [0.717, 1.165) is 16.5 Å². The topological polar surface area (TPSA) is 34.9 Å². The van der Waals surface area contributed by atoms with Gasteiger partial charge in [-0.3, -0.25) is 9.78 Å². The third-order valence-corrected chi connectivity index (χ3v) is 3.00. The molecular weight excluding hydrogens is 224 g/mol. The summed E-state index contributed by atoms with van der Waals surface area (Å²) in [5.41, 5.74) is 2.03. The quantitative estimate of drug-likeness (QED) is 0.649. The van der Waals surface area contributed by atoms with Crippen molar-refractivity contribution in [1.82, 2.24) is 9.55 Å². The SMILES string of the molecule is Cn1cc(-c2c[c]ccc2)c2cnccc2c1=O. The Morgan fingerprint density at radius 1 is 1.28 bits per heavy atom. The lowest BCUT2D eigenvalue weighted by Crippen LogP contribution is -2.16. The molecule has 0 aliphatic heterocycles. The van der Waals surface area contributed by atoms with Crippen LogP contribution in [0.3, 0.4) is 0 Å². The van der Waals surface area contributed by atoms with Gasteiger partial charge in [-0.25, -0.2) is 0 Å². The summed E-state index contributed by atoms with van der Waals surface area (Å²) in [6.45, 7) is 0. The van der Waals surface area contributed by atoms with E-state index in [-0.39, 0.29) is 5.56 Å². The lowest BCUT2D eigenvalue weighted by Gasteiger charge is -2.08. The maximum atomic E-state index is 12.0. The van der Waals surface area contributed by atoms with Crippen molar-refractivity contribution in [3.63, 3.8) is 0 Å². The lowest BCUT2D eigenvalue weighted by molar-refractivity contribution is 0.874. The Kier molecular flexibility index (Phi) is 2.45. The number of fused-ring (bicyclic) bond motifs is 1. The van der Waals surface area contributed by atoms with Crippen LogP contribution in [0.1, 0.15) is 0 Å². The van der Waals surface area contributed by atoms with Crippen molar-refractivity contribution in [2.45, 2.75) is 0 Å². The molecule has 0 unspecified atom stereocenters. The molecule has 2 heterocycles. The second-order valence-electron chi connectivity index (χ2n) is 4.17. The van der Waals surface area contributed by atoms with Gasteiger partial charge in [0.25, 0.3) is 5.56 Å². The summed E-state index contributed by atoms with van der Waals surface area (Å²) in [7, 11) is 1.76. The summed E-state index contributed by atoms with van der Waals surface area (Å²) in [5.74, 6) is 0. The molecule has 3 heteroatoms. The molecule has 1 radical (unpaired) electrons. The second kappa shape index (κ2) is 4.11. The van der Waals surface area contributed by atoms with E-state index in [0.29, 0.717) is 5.39 Å². The standard InChI is InChI=1S/C15H11N2O/c1-17-10-14(11-5-3-2-4-6-11)13-9-16-8-7-12(13)15(17)18/h2-3,5-10H,1H3. The number of aromatic nitrogens is 2. The van der Waals surface area contributed by atoms with Crippen LogP contribution in [0.4, 0.5) is 0 Å². The molecule has 0 amide bonds. The fourth-order valence-electron chi connectivity index (χ4n) is 2.10. The van der Waals surface area contributed by atoms with Crippen LogP contribution in [0.2, 0.25) is 0 Å². The highest BCUT2D eigenvalue weighted by Gasteiger charge is 2.08. The van der Waals surface area contributed by atoms with Crippen molar-refractivity contribution in [2.75, 3.05) is 0 Å². The van der Waals surface area contributed by atoms with Crippen LogP contribution in [-0.4, -0.2) is 9.55 Å². The predicted octanol–water partition coefficient (Wildman–Crippen LogP) is 2.40. The molecular formula is C15H11N2O. The molecule has 0 aliphatic carbocycles. The van der Waals surface area contributed by atoms with Crippen LogP contribution in [0, 0.1) is 6.07 Å².